The number of hydrogen-bond acceptors (Lipinski definition) is 2. The highest BCUT2D eigenvalue weighted by atomic mass is 32.2. The van der Waals surface area contributed by atoms with Gasteiger partial charge in [0.2, 0.25) is 10.0 Å². The summed E-state index contributed by atoms with van der Waals surface area (Å²) in [7, 11) is -3.24. The largest absolute Gasteiger partial charge is 0.267 e. The van der Waals surface area contributed by atoms with E-state index < -0.39 is 10.0 Å². The number of aryl methyl sites for hydroxylation is 1. The molecule has 0 saturated heterocycles. The SMILES string of the molecule is C=CCN(c1ccc(CCC)cc1)S(C)(=O)=O. The van der Waals surface area contributed by atoms with E-state index in [4.69, 9.17) is 0 Å². The van der Waals surface area contributed by atoms with Crippen molar-refractivity contribution in [3.05, 3.63) is 42.5 Å². The van der Waals surface area contributed by atoms with E-state index in [9.17, 15) is 8.42 Å². The number of hydrogen-bond donors (Lipinski definition) is 0. The number of benzene rings is 1. The second-order valence-electron chi connectivity index (χ2n) is 4.00. The molecule has 0 fully saturated rings. The van der Waals surface area contributed by atoms with Gasteiger partial charge >= 0.3 is 0 Å². The summed E-state index contributed by atoms with van der Waals surface area (Å²) in [4.78, 5) is 0. The van der Waals surface area contributed by atoms with Crippen molar-refractivity contribution < 1.29 is 8.42 Å². The van der Waals surface area contributed by atoms with Gasteiger partial charge in [0.1, 0.15) is 0 Å². The molecular formula is C13H19NO2S. The first-order valence-corrected chi connectivity index (χ1v) is 7.51. The number of sulfonamides is 1. The van der Waals surface area contributed by atoms with Crippen LogP contribution in [0.25, 0.3) is 0 Å². The first-order valence-electron chi connectivity index (χ1n) is 5.66. The van der Waals surface area contributed by atoms with Crippen molar-refractivity contribution in [3.8, 4) is 0 Å². The molecule has 1 rings (SSSR count). The maximum atomic E-state index is 11.6. The molecule has 0 atom stereocenters. The highest BCUT2D eigenvalue weighted by molar-refractivity contribution is 7.92. The highest BCUT2D eigenvalue weighted by Crippen LogP contribution is 2.18. The van der Waals surface area contributed by atoms with E-state index in [0.29, 0.717) is 12.2 Å². The Hall–Kier alpha value is -1.29. The second-order valence-corrected chi connectivity index (χ2v) is 5.91. The van der Waals surface area contributed by atoms with Gasteiger partial charge < -0.3 is 0 Å². The maximum absolute atomic E-state index is 11.6. The van der Waals surface area contributed by atoms with E-state index in [1.807, 2.05) is 24.3 Å². The zero-order chi connectivity index (χ0) is 12.9. The summed E-state index contributed by atoms with van der Waals surface area (Å²) in [6.07, 6.45) is 4.89. The van der Waals surface area contributed by atoms with Crippen LogP contribution in [0.2, 0.25) is 0 Å². The Kier molecular flexibility index (Phi) is 4.75. The average Bonchev–Trinajstić information content (AvgIpc) is 2.26. The van der Waals surface area contributed by atoms with E-state index in [1.165, 1.54) is 16.1 Å². The third-order valence-corrected chi connectivity index (χ3v) is 3.62. The minimum atomic E-state index is -3.24. The molecule has 0 N–H and O–H groups in total. The van der Waals surface area contributed by atoms with Crippen LogP contribution in [0.4, 0.5) is 5.69 Å². The predicted molar refractivity (Wildman–Crippen MR) is 72.8 cm³/mol. The van der Waals surface area contributed by atoms with Gasteiger partial charge in [0.25, 0.3) is 0 Å². The summed E-state index contributed by atoms with van der Waals surface area (Å²) in [5.41, 5.74) is 1.91. The van der Waals surface area contributed by atoms with Crippen molar-refractivity contribution in [2.45, 2.75) is 19.8 Å². The van der Waals surface area contributed by atoms with Crippen LogP contribution in [0.15, 0.2) is 36.9 Å². The summed E-state index contributed by atoms with van der Waals surface area (Å²) in [5, 5.41) is 0. The topological polar surface area (TPSA) is 37.4 Å². The molecule has 0 aliphatic carbocycles. The van der Waals surface area contributed by atoms with Gasteiger partial charge in [-0.3, -0.25) is 4.31 Å². The average molecular weight is 253 g/mol. The number of anilines is 1. The van der Waals surface area contributed by atoms with Crippen molar-refractivity contribution >= 4 is 15.7 Å². The van der Waals surface area contributed by atoms with Gasteiger partial charge in [-0.2, -0.15) is 0 Å². The lowest BCUT2D eigenvalue weighted by Gasteiger charge is -2.20. The molecule has 4 heteroatoms. The Morgan fingerprint density at radius 2 is 1.88 bits per heavy atom. The lowest BCUT2D eigenvalue weighted by molar-refractivity contribution is 0.598. The Morgan fingerprint density at radius 1 is 1.29 bits per heavy atom. The van der Waals surface area contributed by atoms with Gasteiger partial charge in [-0.1, -0.05) is 31.6 Å². The molecule has 0 amide bonds. The maximum Gasteiger partial charge on any atom is 0.232 e. The molecule has 0 aromatic heterocycles. The number of rotatable bonds is 6. The molecule has 0 radical (unpaired) electrons. The molecule has 0 unspecified atom stereocenters. The fourth-order valence-electron chi connectivity index (χ4n) is 1.67. The van der Waals surface area contributed by atoms with Crippen LogP contribution in [-0.4, -0.2) is 21.2 Å². The fraction of sp³-hybridized carbons (Fsp3) is 0.385. The minimum Gasteiger partial charge on any atom is -0.267 e. The third kappa shape index (κ3) is 3.89. The fourth-order valence-corrected chi connectivity index (χ4v) is 2.55. The smallest absolute Gasteiger partial charge is 0.232 e. The Morgan fingerprint density at radius 3 is 2.29 bits per heavy atom. The number of nitrogens with zero attached hydrogens (tertiary/aromatic N) is 1. The molecule has 0 heterocycles. The zero-order valence-electron chi connectivity index (χ0n) is 10.4. The first kappa shape index (κ1) is 13.8. The van der Waals surface area contributed by atoms with Crippen LogP contribution in [0, 0.1) is 0 Å². The van der Waals surface area contributed by atoms with Gasteiger partial charge in [-0.05, 0) is 24.1 Å². The molecule has 0 aliphatic rings. The van der Waals surface area contributed by atoms with Crippen LogP contribution < -0.4 is 4.31 Å². The monoisotopic (exact) mass is 253 g/mol. The summed E-state index contributed by atoms with van der Waals surface area (Å²) in [6.45, 7) is 6.00. The second kappa shape index (κ2) is 5.87. The summed E-state index contributed by atoms with van der Waals surface area (Å²) in [5.74, 6) is 0. The van der Waals surface area contributed by atoms with Crippen LogP contribution in [0.3, 0.4) is 0 Å². The van der Waals surface area contributed by atoms with Gasteiger partial charge in [0.15, 0.2) is 0 Å². The van der Waals surface area contributed by atoms with Crippen molar-refractivity contribution in [2.24, 2.45) is 0 Å². The van der Waals surface area contributed by atoms with E-state index in [0.717, 1.165) is 12.8 Å². The molecule has 94 valence electrons. The van der Waals surface area contributed by atoms with E-state index in [2.05, 4.69) is 13.5 Å². The van der Waals surface area contributed by atoms with E-state index >= 15 is 0 Å². The van der Waals surface area contributed by atoms with Crippen LogP contribution in [0.1, 0.15) is 18.9 Å². The zero-order valence-corrected chi connectivity index (χ0v) is 11.2. The molecule has 0 spiro atoms. The van der Waals surface area contributed by atoms with Crippen molar-refractivity contribution in [3.63, 3.8) is 0 Å². The van der Waals surface area contributed by atoms with Crippen molar-refractivity contribution in [2.75, 3.05) is 17.1 Å². The van der Waals surface area contributed by atoms with Crippen LogP contribution >= 0.6 is 0 Å². The molecule has 1 aromatic rings. The minimum absolute atomic E-state index is 0.298. The summed E-state index contributed by atoms with van der Waals surface area (Å²) < 4.78 is 24.6. The van der Waals surface area contributed by atoms with Crippen molar-refractivity contribution in [1.82, 2.24) is 0 Å². The molecule has 0 saturated carbocycles. The van der Waals surface area contributed by atoms with Gasteiger partial charge in [0.05, 0.1) is 18.5 Å². The highest BCUT2D eigenvalue weighted by Gasteiger charge is 2.15. The molecule has 3 nitrogen and oxygen atoms in total. The normalized spacial score (nSPS) is 11.2. The van der Waals surface area contributed by atoms with Gasteiger partial charge in [0, 0.05) is 0 Å². The molecule has 17 heavy (non-hydrogen) atoms. The first-order chi connectivity index (χ1) is 7.99. The Balaban J connectivity index is 2.99. The molecular weight excluding hydrogens is 234 g/mol. The molecule has 0 bridgehead atoms. The Labute approximate surface area is 104 Å². The van der Waals surface area contributed by atoms with Crippen molar-refractivity contribution in [1.29, 1.82) is 0 Å². The molecule has 0 aliphatic heterocycles. The van der Waals surface area contributed by atoms with E-state index in [1.54, 1.807) is 6.08 Å². The van der Waals surface area contributed by atoms with Crippen LogP contribution in [0.5, 0.6) is 0 Å². The predicted octanol–water partition coefficient (Wildman–Crippen LogP) is 2.59. The quantitative estimate of drug-likeness (QED) is 0.731. The van der Waals surface area contributed by atoms with E-state index in [-0.39, 0.29) is 0 Å². The molecule has 1 aromatic carbocycles. The lowest BCUT2D eigenvalue weighted by Crippen LogP contribution is -2.29. The van der Waals surface area contributed by atoms with Gasteiger partial charge in [-0.15, -0.1) is 6.58 Å². The third-order valence-electron chi connectivity index (χ3n) is 2.46. The summed E-state index contributed by atoms with van der Waals surface area (Å²) in [6, 6.07) is 7.63. The van der Waals surface area contributed by atoms with Crippen LogP contribution in [-0.2, 0) is 16.4 Å². The Bertz CT molecular complexity index is 463. The van der Waals surface area contributed by atoms with Gasteiger partial charge in [-0.25, -0.2) is 8.42 Å². The lowest BCUT2D eigenvalue weighted by atomic mass is 10.1. The summed E-state index contributed by atoms with van der Waals surface area (Å²) >= 11 is 0. The standard InChI is InChI=1S/C13H19NO2S/c1-4-6-12-7-9-13(10-8-12)14(11-5-2)17(3,15)16/h5,7-10H,2,4,6,11H2,1,3H3.